The van der Waals surface area contributed by atoms with E-state index in [9.17, 15) is 5.11 Å². The SMILES string of the molecule is CN1CCN(Cc2nc(-c3ccc(N)cc3)nc(N3CCOCC3)c2O)CC1. The number of morpholine rings is 1. The predicted molar refractivity (Wildman–Crippen MR) is 109 cm³/mol. The van der Waals surface area contributed by atoms with Crippen molar-refractivity contribution in [3.8, 4) is 17.1 Å². The quantitative estimate of drug-likeness (QED) is 0.755. The van der Waals surface area contributed by atoms with Crippen LogP contribution in [0.15, 0.2) is 24.3 Å². The molecule has 0 radical (unpaired) electrons. The van der Waals surface area contributed by atoms with E-state index >= 15 is 0 Å². The lowest BCUT2D eigenvalue weighted by Crippen LogP contribution is -2.44. The minimum atomic E-state index is 0.181. The fraction of sp³-hybridized carbons (Fsp3) is 0.500. The second-order valence-corrected chi connectivity index (χ2v) is 7.47. The molecule has 28 heavy (non-hydrogen) atoms. The predicted octanol–water partition coefficient (Wildman–Crippen LogP) is 1.02. The molecule has 0 amide bonds. The summed E-state index contributed by atoms with van der Waals surface area (Å²) < 4.78 is 5.46. The fourth-order valence-electron chi connectivity index (χ4n) is 3.57. The molecular weight excluding hydrogens is 356 g/mol. The maximum atomic E-state index is 11.0. The van der Waals surface area contributed by atoms with E-state index in [1.54, 1.807) is 0 Å². The zero-order valence-corrected chi connectivity index (χ0v) is 16.3. The van der Waals surface area contributed by atoms with Gasteiger partial charge in [0.1, 0.15) is 5.69 Å². The van der Waals surface area contributed by atoms with E-state index in [1.165, 1.54) is 0 Å². The minimum absolute atomic E-state index is 0.181. The molecule has 3 N–H and O–H groups in total. The van der Waals surface area contributed by atoms with E-state index in [-0.39, 0.29) is 5.75 Å². The van der Waals surface area contributed by atoms with Crippen LogP contribution in [0, 0.1) is 0 Å². The van der Waals surface area contributed by atoms with Crippen LogP contribution < -0.4 is 10.6 Å². The maximum Gasteiger partial charge on any atom is 0.181 e. The number of likely N-dealkylation sites (N-methyl/N-ethyl adjacent to an activating group) is 1. The van der Waals surface area contributed by atoms with Gasteiger partial charge in [0.05, 0.1) is 13.2 Å². The van der Waals surface area contributed by atoms with Gasteiger partial charge in [0, 0.05) is 57.1 Å². The molecule has 2 aliphatic heterocycles. The molecular formula is C20H28N6O2. The van der Waals surface area contributed by atoms with Gasteiger partial charge in [-0.05, 0) is 31.3 Å². The van der Waals surface area contributed by atoms with Gasteiger partial charge in [-0.25, -0.2) is 9.97 Å². The summed E-state index contributed by atoms with van der Waals surface area (Å²) in [6, 6.07) is 7.54. The molecule has 2 aliphatic rings. The van der Waals surface area contributed by atoms with Crippen LogP contribution in [0.25, 0.3) is 11.4 Å². The second kappa shape index (κ2) is 8.30. The van der Waals surface area contributed by atoms with Crippen LogP contribution in [-0.4, -0.2) is 84.4 Å². The first-order valence-corrected chi connectivity index (χ1v) is 9.79. The summed E-state index contributed by atoms with van der Waals surface area (Å²) in [5.41, 5.74) is 8.10. The molecule has 2 saturated heterocycles. The van der Waals surface area contributed by atoms with Gasteiger partial charge in [0.2, 0.25) is 0 Å². The number of anilines is 2. The zero-order valence-electron chi connectivity index (χ0n) is 16.3. The minimum Gasteiger partial charge on any atom is -0.503 e. The van der Waals surface area contributed by atoms with Crippen molar-refractivity contribution in [2.24, 2.45) is 0 Å². The molecule has 2 fully saturated rings. The molecule has 4 rings (SSSR count). The van der Waals surface area contributed by atoms with Crippen molar-refractivity contribution in [3.05, 3.63) is 30.0 Å². The summed E-state index contributed by atoms with van der Waals surface area (Å²) in [5.74, 6) is 1.39. The molecule has 1 aromatic carbocycles. The Labute approximate surface area is 165 Å². The normalized spacial score (nSPS) is 19.1. The van der Waals surface area contributed by atoms with E-state index in [0.29, 0.717) is 55.9 Å². The van der Waals surface area contributed by atoms with Gasteiger partial charge in [-0.2, -0.15) is 0 Å². The summed E-state index contributed by atoms with van der Waals surface area (Å²) in [7, 11) is 2.13. The highest BCUT2D eigenvalue weighted by Gasteiger charge is 2.24. The number of hydrogen-bond acceptors (Lipinski definition) is 8. The molecule has 0 saturated carbocycles. The average Bonchev–Trinajstić information content (AvgIpc) is 2.72. The number of hydrogen-bond donors (Lipinski definition) is 2. The third-order valence-electron chi connectivity index (χ3n) is 5.39. The molecule has 1 aromatic heterocycles. The Morgan fingerprint density at radius 2 is 1.68 bits per heavy atom. The Morgan fingerprint density at radius 3 is 2.36 bits per heavy atom. The third-order valence-corrected chi connectivity index (χ3v) is 5.39. The van der Waals surface area contributed by atoms with Crippen LogP contribution in [0.4, 0.5) is 11.5 Å². The van der Waals surface area contributed by atoms with Crippen LogP contribution in [0.1, 0.15) is 5.69 Å². The Bertz CT molecular complexity index is 799. The first-order valence-electron chi connectivity index (χ1n) is 9.79. The number of benzene rings is 1. The van der Waals surface area contributed by atoms with Crippen molar-refractivity contribution in [2.75, 3.05) is 70.2 Å². The van der Waals surface area contributed by atoms with Crippen molar-refractivity contribution in [1.29, 1.82) is 0 Å². The summed E-state index contributed by atoms with van der Waals surface area (Å²) in [4.78, 5) is 16.2. The Balaban J connectivity index is 1.68. The number of aromatic hydroxyl groups is 1. The Kier molecular flexibility index (Phi) is 5.61. The molecule has 8 heteroatoms. The van der Waals surface area contributed by atoms with Crippen LogP contribution in [0.2, 0.25) is 0 Å². The van der Waals surface area contributed by atoms with E-state index in [1.807, 2.05) is 24.3 Å². The molecule has 150 valence electrons. The maximum absolute atomic E-state index is 11.0. The molecule has 0 unspecified atom stereocenters. The summed E-state index contributed by atoms with van der Waals surface area (Å²) in [5, 5.41) is 11.0. The molecule has 3 heterocycles. The topological polar surface area (TPSA) is 91.0 Å². The summed E-state index contributed by atoms with van der Waals surface area (Å²) in [6.45, 7) is 7.26. The Hall–Kier alpha value is -2.42. The van der Waals surface area contributed by atoms with Gasteiger partial charge in [-0.3, -0.25) is 4.90 Å². The van der Waals surface area contributed by atoms with Crippen LogP contribution >= 0.6 is 0 Å². The van der Waals surface area contributed by atoms with Crippen molar-refractivity contribution in [3.63, 3.8) is 0 Å². The first-order chi connectivity index (χ1) is 13.6. The van der Waals surface area contributed by atoms with Gasteiger partial charge >= 0.3 is 0 Å². The highest BCUT2D eigenvalue weighted by Crippen LogP contribution is 2.32. The van der Waals surface area contributed by atoms with E-state index < -0.39 is 0 Å². The highest BCUT2D eigenvalue weighted by atomic mass is 16.5. The Morgan fingerprint density at radius 1 is 1.00 bits per heavy atom. The number of rotatable bonds is 4. The molecule has 0 aliphatic carbocycles. The molecule has 0 bridgehead atoms. The fourth-order valence-corrected chi connectivity index (χ4v) is 3.57. The van der Waals surface area contributed by atoms with Crippen molar-refractivity contribution < 1.29 is 9.84 Å². The number of nitrogens with zero attached hydrogens (tertiary/aromatic N) is 5. The van der Waals surface area contributed by atoms with Crippen molar-refractivity contribution >= 4 is 11.5 Å². The molecule has 0 atom stereocenters. The van der Waals surface area contributed by atoms with Crippen LogP contribution in [0.3, 0.4) is 0 Å². The lowest BCUT2D eigenvalue weighted by molar-refractivity contribution is 0.122. The van der Waals surface area contributed by atoms with E-state index in [2.05, 4.69) is 21.7 Å². The first kappa shape index (κ1) is 18.9. The third kappa shape index (κ3) is 4.19. The van der Waals surface area contributed by atoms with Crippen LogP contribution in [-0.2, 0) is 11.3 Å². The average molecular weight is 384 g/mol. The van der Waals surface area contributed by atoms with Gasteiger partial charge in [0.15, 0.2) is 17.4 Å². The molecule has 8 nitrogen and oxygen atoms in total. The number of nitrogen functional groups attached to an aromatic ring is 1. The lowest BCUT2D eigenvalue weighted by Gasteiger charge is -2.33. The zero-order chi connectivity index (χ0) is 19.5. The largest absolute Gasteiger partial charge is 0.503 e. The van der Waals surface area contributed by atoms with E-state index in [4.69, 9.17) is 20.4 Å². The highest BCUT2D eigenvalue weighted by molar-refractivity contribution is 5.64. The number of piperazine rings is 1. The monoisotopic (exact) mass is 384 g/mol. The van der Waals surface area contributed by atoms with Gasteiger partial charge < -0.3 is 25.4 Å². The van der Waals surface area contributed by atoms with Crippen LogP contribution in [0.5, 0.6) is 5.75 Å². The van der Waals surface area contributed by atoms with Crippen molar-refractivity contribution in [1.82, 2.24) is 19.8 Å². The number of ether oxygens (including phenoxy) is 1. The van der Waals surface area contributed by atoms with Crippen molar-refractivity contribution in [2.45, 2.75) is 6.54 Å². The summed E-state index contributed by atoms with van der Waals surface area (Å²) in [6.07, 6.45) is 0. The van der Waals surface area contributed by atoms with Gasteiger partial charge in [-0.15, -0.1) is 0 Å². The number of nitrogens with two attached hydrogens (primary N) is 1. The van der Waals surface area contributed by atoms with Gasteiger partial charge in [0.25, 0.3) is 0 Å². The summed E-state index contributed by atoms with van der Waals surface area (Å²) >= 11 is 0. The lowest BCUT2D eigenvalue weighted by atomic mass is 10.2. The number of aromatic nitrogens is 2. The molecule has 0 spiro atoms. The second-order valence-electron chi connectivity index (χ2n) is 7.47. The van der Waals surface area contributed by atoms with Gasteiger partial charge in [-0.1, -0.05) is 0 Å². The molecule has 2 aromatic rings. The van der Waals surface area contributed by atoms with E-state index in [0.717, 1.165) is 31.7 Å². The smallest absolute Gasteiger partial charge is 0.181 e. The standard InChI is InChI=1S/C20H28N6O2/c1-24-6-8-25(9-7-24)14-17-18(27)20(26-10-12-28-13-11-26)23-19(22-17)15-2-4-16(21)5-3-15/h2-5,27H,6-14,21H2,1H3.